The first-order chi connectivity index (χ1) is 8.16. The fourth-order valence-electron chi connectivity index (χ4n) is 1.65. The number of hydrogen-bond donors (Lipinski definition) is 2. The van der Waals surface area contributed by atoms with Crippen molar-refractivity contribution in [1.82, 2.24) is 5.32 Å². The highest BCUT2D eigenvalue weighted by Crippen LogP contribution is 2.19. The van der Waals surface area contributed by atoms with Gasteiger partial charge in [0.25, 0.3) is 0 Å². The summed E-state index contributed by atoms with van der Waals surface area (Å²) in [4.78, 5) is 11.5. The molecule has 5 heteroatoms. The molecule has 0 aromatic rings. The number of amides is 1. The van der Waals surface area contributed by atoms with Crippen LogP contribution in [0, 0.1) is 0 Å². The summed E-state index contributed by atoms with van der Waals surface area (Å²) in [5.74, 6) is 1.54. The number of nitrogens with one attached hydrogen (secondary N) is 1. The Labute approximate surface area is 107 Å². The highest BCUT2D eigenvalue weighted by molar-refractivity contribution is 7.99. The minimum absolute atomic E-state index is 0.0195. The normalized spacial score (nSPS) is 18.9. The molecule has 1 aliphatic rings. The standard InChI is InChI=1S/C12H23NO3S/c1-2-3-8-17-9-11(14)13-10-12(15)4-6-16-7-5-12/h15H,2-10H2,1H3,(H,13,14). The third-order valence-electron chi connectivity index (χ3n) is 2.91. The van der Waals surface area contributed by atoms with Gasteiger partial charge in [-0.15, -0.1) is 0 Å². The average molecular weight is 261 g/mol. The number of unbranched alkanes of at least 4 members (excludes halogenated alkanes) is 1. The van der Waals surface area contributed by atoms with Crippen LogP contribution in [0.5, 0.6) is 0 Å². The van der Waals surface area contributed by atoms with Gasteiger partial charge in [0.2, 0.25) is 5.91 Å². The van der Waals surface area contributed by atoms with E-state index in [0.29, 0.717) is 38.4 Å². The minimum Gasteiger partial charge on any atom is -0.388 e. The van der Waals surface area contributed by atoms with Gasteiger partial charge in [-0.1, -0.05) is 13.3 Å². The van der Waals surface area contributed by atoms with Gasteiger partial charge in [-0.3, -0.25) is 4.79 Å². The topological polar surface area (TPSA) is 58.6 Å². The molecule has 0 aromatic carbocycles. The van der Waals surface area contributed by atoms with Crippen LogP contribution in [0.25, 0.3) is 0 Å². The number of carbonyl (C=O) groups excluding carboxylic acids is 1. The van der Waals surface area contributed by atoms with Gasteiger partial charge < -0.3 is 15.2 Å². The number of hydrogen-bond acceptors (Lipinski definition) is 4. The van der Waals surface area contributed by atoms with Crippen molar-refractivity contribution in [3.63, 3.8) is 0 Å². The van der Waals surface area contributed by atoms with Crippen LogP contribution in [0.3, 0.4) is 0 Å². The summed E-state index contributed by atoms with van der Waals surface area (Å²) in [7, 11) is 0. The van der Waals surface area contributed by atoms with E-state index in [0.717, 1.165) is 18.6 Å². The molecule has 0 aliphatic carbocycles. The smallest absolute Gasteiger partial charge is 0.230 e. The molecule has 17 heavy (non-hydrogen) atoms. The van der Waals surface area contributed by atoms with Gasteiger partial charge in [-0.2, -0.15) is 11.8 Å². The molecule has 1 fully saturated rings. The van der Waals surface area contributed by atoms with Gasteiger partial charge in [0.15, 0.2) is 0 Å². The summed E-state index contributed by atoms with van der Waals surface area (Å²) in [6, 6.07) is 0. The van der Waals surface area contributed by atoms with Crippen molar-refractivity contribution in [3.8, 4) is 0 Å². The van der Waals surface area contributed by atoms with E-state index in [1.54, 1.807) is 11.8 Å². The van der Waals surface area contributed by atoms with Crippen LogP contribution < -0.4 is 5.32 Å². The van der Waals surface area contributed by atoms with Crippen molar-refractivity contribution in [1.29, 1.82) is 0 Å². The maximum Gasteiger partial charge on any atom is 0.230 e. The molecular formula is C12H23NO3S. The second kappa shape index (κ2) is 7.95. The van der Waals surface area contributed by atoms with Crippen molar-refractivity contribution in [3.05, 3.63) is 0 Å². The van der Waals surface area contributed by atoms with Gasteiger partial charge in [0, 0.05) is 32.6 Å². The maximum atomic E-state index is 11.5. The average Bonchev–Trinajstić information content (AvgIpc) is 2.33. The molecule has 1 heterocycles. The summed E-state index contributed by atoms with van der Waals surface area (Å²) in [6.07, 6.45) is 3.53. The SMILES string of the molecule is CCCCSCC(=O)NCC1(O)CCOCC1. The van der Waals surface area contributed by atoms with Crippen LogP contribution in [0.1, 0.15) is 32.6 Å². The Hall–Kier alpha value is -0.260. The van der Waals surface area contributed by atoms with Gasteiger partial charge in [-0.05, 0) is 12.2 Å². The van der Waals surface area contributed by atoms with Crippen LogP contribution >= 0.6 is 11.8 Å². The zero-order valence-corrected chi connectivity index (χ0v) is 11.4. The van der Waals surface area contributed by atoms with Crippen molar-refractivity contribution >= 4 is 17.7 Å². The number of rotatable bonds is 7. The molecule has 1 saturated heterocycles. The Morgan fingerprint density at radius 2 is 2.18 bits per heavy atom. The first-order valence-electron chi connectivity index (χ1n) is 6.31. The van der Waals surface area contributed by atoms with Crippen molar-refractivity contribution < 1.29 is 14.6 Å². The molecule has 0 bridgehead atoms. The minimum atomic E-state index is -0.762. The largest absolute Gasteiger partial charge is 0.388 e. The van der Waals surface area contributed by atoms with Crippen LogP contribution in [0.4, 0.5) is 0 Å². The van der Waals surface area contributed by atoms with Crippen LogP contribution in [0.2, 0.25) is 0 Å². The summed E-state index contributed by atoms with van der Waals surface area (Å²) in [6.45, 7) is 3.65. The number of ether oxygens (including phenoxy) is 1. The molecule has 0 atom stereocenters. The molecule has 0 saturated carbocycles. The van der Waals surface area contributed by atoms with Gasteiger partial charge >= 0.3 is 0 Å². The molecule has 0 unspecified atom stereocenters. The monoisotopic (exact) mass is 261 g/mol. The molecule has 1 aliphatic heterocycles. The summed E-state index contributed by atoms with van der Waals surface area (Å²) in [5.41, 5.74) is -0.762. The van der Waals surface area contributed by atoms with E-state index in [2.05, 4.69) is 12.2 Å². The van der Waals surface area contributed by atoms with E-state index in [-0.39, 0.29) is 5.91 Å². The third-order valence-corrected chi connectivity index (χ3v) is 3.96. The molecule has 0 radical (unpaired) electrons. The molecule has 1 rings (SSSR count). The molecule has 0 aromatic heterocycles. The van der Waals surface area contributed by atoms with Crippen molar-refractivity contribution in [2.75, 3.05) is 31.3 Å². The zero-order chi connectivity index (χ0) is 12.6. The highest BCUT2D eigenvalue weighted by Gasteiger charge is 2.29. The first kappa shape index (κ1) is 14.8. The van der Waals surface area contributed by atoms with Gasteiger partial charge in [0.1, 0.15) is 0 Å². The van der Waals surface area contributed by atoms with E-state index >= 15 is 0 Å². The number of carbonyl (C=O) groups is 1. The molecule has 2 N–H and O–H groups in total. The van der Waals surface area contributed by atoms with E-state index in [1.165, 1.54) is 0 Å². The number of thioether (sulfide) groups is 1. The number of aliphatic hydroxyl groups is 1. The Morgan fingerprint density at radius 3 is 2.82 bits per heavy atom. The van der Waals surface area contributed by atoms with Gasteiger partial charge in [-0.25, -0.2) is 0 Å². The van der Waals surface area contributed by atoms with E-state index < -0.39 is 5.60 Å². The van der Waals surface area contributed by atoms with Crippen LogP contribution in [-0.2, 0) is 9.53 Å². The molecular weight excluding hydrogens is 238 g/mol. The fraction of sp³-hybridized carbons (Fsp3) is 0.917. The third kappa shape index (κ3) is 6.29. The molecule has 100 valence electrons. The lowest BCUT2D eigenvalue weighted by Crippen LogP contribution is -2.47. The second-order valence-electron chi connectivity index (χ2n) is 4.52. The maximum absolute atomic E-state index is 11.5. The Bertz CT molecular complexity index is 230. The highest BCUT2D eigenvalue weighted by atomic mass is 32.2. The quantitative estimate of drug-likeness (QED) is 0.676. The second-order valence-corrected chi connectivity index (χ2v) is 5.62. The predicted molar refractivity (Wildman–Crippen MR) is 70.2 cm³/mol. The Balaban J connectivity index is 2.10. The lowest BCUT2D eigenvalue weighted by atomic mass is 9.94. The summed E-state index contributed by atoms with van der Waals surface area (Å²) < 4.78 is 5.19. The van der Waals surface area contributed by atoms with E-state index in [1.807, 2.05) is 0 Å². The van der Waals surface area contributed by atoms with Crippen LogP contribution in [-0.4, -0.2) is 47.9 Å². The molecule has 0 spiro atoms. The Morgan fingerprint density at radius 1 is 1.47 bits per heavy atom. The zero-order valence-electron chi connectivity index (χ0n) is 10.5. The van der Waals surface area contributed by atoms with E-state index in [4.69, 9.17) is 4.74 Å². The fourth-order valence-corrected chi connectivity index (χ4v) is 2.58. The first-order valence-corrected chi connectivity index (χ1v) is 7.46. The van der Waals surface area contributed by atoms with Crippen molar-refractivity contribution in [2.24, 2.45) is 0 Å². The van der Waals surface area contributed by atoms with Crippen LogP contribution in [0.15, 0.2) is 0 Å². The lowest BCUT2D eigenvalue weighted by molar-refractivity contribution is -0.121. The summed E-state index contributed by atoms with van der Waals surface area (Å²) in [5, 5.41) is 12.9. The van der Waals surface area contributed by atoms with E-state index in [9.17, 15) is 9.90 Å². The molecule has 1 amide bonds. The van der Waals surface area contributed by atoms with Gasteiger partial charge in [0.05, 0.1) is 11.4 Å². The summed E-state index contributed by atoms with van der Waals surface area (Å²) >= 11 is 1.65. The Kier molecular flexibility index (Phi) is 6.92. The lowest BCUT2D eigenvalue weighted by Gasteiger charge is -2.32. The predicted octanol–water partition coefficient (Wildman–Crippen LogP) is 1.18. The molecule has 4 nitrogen and oxygen atoms in total. The van der Waals surface area contributed by atoms with Crippen molar-refractivity contribution in [2.45, 2.75) is 38.2 Å².